The first-order valence-electron chi connectivity index (χ1n) is 5.01. The summed E-state index contributed by atoms with van der Waals surface area (Å²) in [5, 5.41) is 0. The van der Waals surface area contributed by atoms with E-state index in [1.54, 1.807) is 12.1 Å². The zero-order valence-electron chi connectivity index (χ0n) is 10.0. The van der Waals surface area contributed by atoms with Crippen molar-refractivity contribution in [3.63, 3.8) is 0 Å². The van der Waals surface area contributed by atoms with Gasteiger partial charge in [0.05, 0.1) is 11.3 Å². The lowest BCUT2D eigenvalue weighted by Crippen LogP contribution is -2.24. The number of hydrogen-bond donors (Lipinski definition) is 1. The molecule has 0 aliphatic rings. The number of nitrogen functional groups attached to an aromatic ring is 1. The number of benzene rings is 1. The highest BCUT2D eigenvalue weighted by Gasteiger charge is 2.20. The van der Waals surface area contributed by atoms with Crippen molar-refractivity contribution >= 4 is 23.4 Å². The second-order valence-corrected chi connectivity index (χ2v) is 5.27. The molecule has 0 saturated carbocycles. The van der Waals surface area contributed by atoms with Gasteiger partial charge in [-0.25, -0.2) is 4.79 Å². The molecule has 0 bridgehead atoms. The molecule has 0 aliphatic carbocycles. The molecule has 0 fully saturated rings. The van der Waals surface area contributed by atoms with E-state index in [0.717, 1.165) is 4.90 Å². The van der Waals surface area contributed by atoms with Gasteiger partial charge in [0.2, 0.25) is 0 Å². The third kappa shape index (κ3) is 3.17. The van der Waals surface area contributed by atoms with E-state index in [1.807, 2.05) is 33.1 Å². The Morgan fingerprint density at radius 1 is 1.38 bits per heavy atom. The highest BCUT2D eigenvalue weighted by Crippen LogP contribution is 2.27. The van der Waals surface area contributed by atoms with Gasteiger partial charge in [-0.2, -0.15) is 0 Å². The van der Waals surface area contributed by atoms with Crippen molar-refractivity contribution < 1.29 is 9.53 Å². The number of thioether (sulfide) groups is 1. The molecule has 3 nitrogen and oxygen atoms in total. The van der Waals surface area contributed by atoms with Crippen LogP contribution in [0.15, 0.2) is 23.1 Å². The van der Waals surface area contributed by atoms with Crippen LogP contribution in [0.2, 0.25) is 0 Å². The van der Waals surface area contributed by atoms with E-state index >= 15 is 0 Å². The van der Waals surface area contributed by atoms with E-state index in [1.165, 1.54) is 11.8 Å². The Morgan fingerprint density at radius 2 is 2.00 bits per heavy atom. The molecule has 1 rings (SSSR count). The predicted octanol–water partition coefficient (Wildman–Crippen LogP) is 2.95. The van der Waals surface area contributed by atoms with Gasteiger partial charge in [-0.05, 0) is 39.2 Å². The van der Waals surface area contributed by atoms with Gasteiger partial charge < -0.3 is 10.5 Å². The fourth-order valence-electron chi connectivity index (χ4n) is 1.23. The Labute approximate surface area is 100 Å². The number of hydrogen-bond acceptors (Lipinski definition) is 4. The van der Waals surface area contributed by atoms with E-state index in [-0.39, 0.29) is 5.97 Å². The van der Waals surface area contributed by atoms with E-state index in [2.05, 4.69) is 0 Å². The first kappa shape index (κ1) is 12.9. The maximum atomic E-state index is 11.8. The van der Waals surface area contributed by atoms with Crippen molar-refractivity contribution in [3.8, 4) is 0 Å². The number of ether oxygens (including phenoxy) is 1. The average Bonchev–Trinajstić information content (AvgIpc) is 2.15. The summed E-state index contributed by atoms with van der Waals surface area (Å²) in [6.07, 6.45) is 1.92. The zero-order valence-corrected chi connectivity index (χ0v) is 10.9. The number of carbonyl (C=O) groups excluding carboxylic acids is 1. The second-order valence-electron chi connectivity index (χ2n) is 4.42. The van der Waals surface area contributed by atoms with Crippen LogP contribution in [-0.2, 0) is 4.74 Å². The average molecular weight is 239 g/mol. The van der Waals surface area contributed by atoms with Crippen LogP contribution < -0.4 is 5.73 Å². The molecule has 2 N–H and O–H groups in total. The Balaban J connectivity index is 3.01. The number of nitrogens with two attached hydrogens (primary N) is 1. The number of anilines is 1. The molecular formula is C12H17NO2S. The number of para-hydroxylation sites is 1. The van der Waals surface area contributed by atoms with Crippen molar-refractivity contribution in [3.05, 3.63) is 23.8 Å². The van der Waals surface area contributed by atoms with Gasteiger partial charge in [0.25, 0.3) is 0 Å². The fraction of sp³-hybridized carbons (Fsp3) is 0.417. The fourth-order valence-corrected chi connectivity index (χ4v) is 1.78. The maximum absolute atomic E-state index is 11.8. The molecule has 0 amide bonds. The molecule has 88 valence electrons. The van der Waals surface area contributed by atoms with E-state index in [4.69, 9.17) is 10.5 Å². The van der Waals surface area contributed by atoms with Crippen molar-refractivity contribution in [2.45, 2.75) is 31.3 Å². The molecule has 0 saturated heterocycles. The van der Waals surface area contributed by atoms with Crippen molar-refractivity contribution in [1.82, 2.24) is 0 Å². The molecule has 0 spiro atoms. The smallest absolute Gasteiger partial charge is 0.340 e. The largest absolute Gasteiger partial charge is 0.456 e. The standard InChI is InChI=1S/C12H17NO2S/c1-12(2,3)15-11(14)8-6-5-7-9(16-4)10(8)13/h5-7H,13H2,1-4H3. The molecule has 0 radical (unpaired) electrons. The Kier molecular flexibility index (Phi) is 3.86. The van der Waals surface area contributed by atoms with E-state index in [0.29, 0.717) is 11.3 Å². The molecule has 0 heterocycles. The highest BCUT2D eigenvalue weighted by atomic mass is 32.2. The van der Waals surface area contributed by atoms with Gasteiger partial charge in [-0.15, -0.1) is 11.8 Å². The lowest BCUT2D eigenvalue weighted by atomic mass is 10.1. The lowest BCUT2D eigenvalue weighted by Gasteiger charge is -2.20. The van der Waals surface area contributed by atoms with Crippen LogP contribution in [0.4, 0.5) is 5.69 Å². The second kappa shape index (κ2) is 4.78. The van der Waals surface area contributed by atoms with Gasteiger partial charge >= 0.3 is 5.97 Å². The van der Waals surface area contributed by atoms with Gasteiger partial charge in [0.1, 0.15) is 5.60 Å². The van der Waals surface area contributed by atoms with Crippen LogP contribution in [0, 0.1) is 0 Å². The van der Waals surface area contributed by atoms with Gasteiger partial charge in [0, 0.05) is 4.90 Å². The number of rotatable bonds is 2. The predicted molar refractivity (Wildman–Crippen MR) is 67.8 cm³/mol. The van der Waals surface area contributed by atoms with Crippen LogP contribution in [-0.4, -0.2) is 17.8 Å². The topological polar surface area (TPSA) is 52.3 Å². The van der Waals surface area contributed by atoms with Crippen LogP contribution in [0.1, 0.15) is 31.1 Å². The summed E-state index contributed by atoms with van der Waals surface area (Å²) in [6.45, 7) is 5.50. The van der Waals surface area contributed by atoms with Crippen molar-refractivity contribution in [2.24, 2.45) is 0 Å². The van der Waals surface area contributed by atoms with Crippen LogP contribution >= 0.6 is 11.8 Å². The summed E-state index contributed by atoms with van der Waals surface area (Å²) >= 11 is 1.51. The summed E-state index contributed by atoms with van der Waals surface area (Å²) < 4.78 is 5.28. The van der Waals surface area contributed by atoms with Gasteiger partial charge in [0.15, 0.2) is 0 Å². The number of esters is 1. The molecule has 1 aromatic rings. The Bertz CT molecular complexity index is 396. The zero-order chi connectivity index (χ0) is 12.3. The summed E-state index contributed by atoms with van der Waals surface area (Å²) in [5.41, 5.74) is 6.31. The molecule has 0 aromatic heterocycles. The normalized spacial score (nSPS) is 11.2. The maximum Gasteiger partial charge on any atom is 0.340 e. The Hall–Kier alpha value is -1.16. The van der Waals surface area contributed by atoms with Crippen LogP contribution in [0.25, 0.3) is 0 Å². The summed E-state index contributed by atoms with van der Waals surface area (Å²) in [5.74, 6) is -0.374. The third-order valence-electron chi connectivity index (χ3n) is 1.90. The molecular weight excluding hydrogens is 222 g/mol. The molecule has 4 heteroatoms. The Morgan fingerprint density at radius 3 is 2.50 bits per heavy atom. The minimum atomic E-state index is -0.501. The van der Waals surface area contributed by atoms with E-state index < -0.39 is 5.60 Å². The van der Waals surface area contributed by atoms with Crippen molar-refractivity contribution in [2.75, 3.05) is 12.0 Å². The number of carbonyl (C=O) groups is 1. The third-order valence-corrected chi connectivity index (χ3v) is 2.70. The van der Waals surface area contributed by atoms with Gasteiger partial charge in [-0.1, -0.05) is 6.07 Å². The monoisotopic (exact) mass is 239 g/mol. The quantitative estimate of drug-likeness (QED) is 0.490. The van der Waals surface area contributed by atoms with Crippen molar-refractivity contribution in [1.29, 1.82) is 0 Å². The minimum absolute atomic E-state index is 0.374. The lowest BCUT2D eigenvalue weighted by molar-refractivity contribution is 0.00706. The molecule has 0 atom stereocenters. The van der Waals surface area contributed by atoms with E-state index in [9.17, 15) is 4.79 Å². The van der Waals surface area contributed by atoms with Crippen LogP contribution in [0.3, 0.4) is 0 Å². The minimum Gasteiger partial charge on any atom is -0.456 e. The van der Waals surface area contributed by atoms with Crippen LogP contribution in [0.5, 0.6) is 0 Å². The highest BCUT2D eigenvalue weighted by molar-refractivity contribution is 7.98. The molecule has 1 aromatic carbocycles. The molecule has 16 heavy (non-hydrogen) atoms. The SMILES string of the molecule is CSc1cccc(C(=O)OC(C)(C)C)c1N. The summed E-state index contributed by atoms with van der Waals surface area (Å²) in [4.78, 5) is 12.7. The summed E-state index contributed by atoms with van der Waals surface area (Å²) in [6, 6.07) is 5.37. The molecule has 0 unspecified atom stereocenters. The first-order valence-corrected chi connectivity index (χ1v) is 6.23. The summed E-state index contributed by atoms with van der Waals surface area (Å²) in [7, 11) is 0. The first-order chi connectivity index (χ1) is 7.35. The molecule has 0 aliphatic heterocycles. The van der Waals surface area contributed by atoms with Gasteiger partial charge in [-0.3, -0.25) is 0 Å².